The maximum absolute atomic E-state index is 11.4. The molecule has 0 aromatic carbocycles. The van der Waals surface area contributed by atoms with Crippen LogP contribution in [0.25, 0.3) is 0 Å². The molecular formula is C3H4BF3O5. The minimum atomic E-state index is -3.17. The molecule has 70 valence electrons. The Labute approximate surface area is 64.6 Å². The van der Waals surface area contributed by atoms with Gasteiger partial charge in [-0.15, -0.1) is 0 Å². The Morgan fingerprint density at radius 1 is 1.17 bits per heavy atom. The van der Waals surface area contributed by atoms with Crippen LogP contribution in [0.15, 0.2) is 0 Å². The van der Waals surface area contributed by atoms with Crippen molar-refractivity contribution in [1.82, 2.24) is 0 Å². The highest BCUT2D eigenvalue weighted by atomic mass is 19.2. The first-order valence-electron chi connectivity index (χ1n) is 2.35. The quantitative estimate of drug-likeness (QED) is 0.397. The van der Waals surface area contributed by atoms with Gasteiger partial charge in [-0.1, -0.05) is 0 Å². The van der Waals surface area contributed by atoms with Gasteiger partial charge in [-0.3, -0.25) is 8.63 Å². The topological polar surface area (TPSA) is 94.8 Å². The highest BCUT2D eigenvalue weighted by Gasteiger charge is 2.23. The first-order valence-corrected chi connectivity index (χ1v) is 2.35. The van der Waals surface area contributed by atoms with Gasteiger partial charge in [0.2, 0.25) is 0 Å². The number of aliphatic carboxylic acids is 2. The van der Waals surface area contributed by atoms with Crippen LogP contribution in [0.2, 0.25) is 0 Å². The van der Waals surface area contributed by atoms with Gasteiger partial charge in [-0.05, 0) is 0 Å². The molecule has 0 spiro atoms. The number of carboxylic acid groups (broad SMARTS) is 2. The lowest BCUT2D eigenvalue weighted by Gasteiger charge is -1.90. The third-order valence-corrected chi connectivity index (χ3v) is 0.434. The molecule has 0 radical (unpaired) electrons. The van der Waals surface area contributed by atoms with Crippen LogP contribution in [0.4, 0.5) is 13.0 Å². The third-order valence-electron chi connectivity index (χ3n) is 0.434. The summed E-state index contributed by atoms with van der Waals surface area (Å²) >= 11 is 0. The molecule has 0 saturated carbocycles. The Morgan fingerprint density at radius 2 is 1.33 bits per heavy atom. The van der Waals surface area contributed by atoms with Gasteiger partial charge in [0.25, 0.3) is 6.17 Å². The summed E-state index contributed by atoms with van der Waals surface area (Å²) in [5.74, 6) is -3.95. The molecule has 0 amide bonds. The second-order valence-electron chi connectivity index (χ2n) is 1.32. The average Bonchev–Trinajstić information content (AvgIpc) is 1.84. The lowest BCUT2D eigenvalue weighted by molar-refractivity contribution is -0.155. The molecule has 0 aliphatic heterocycles. The molecule has 12 heavy (non-hydrogen) atoms. The number of alkyl halides is 1. The number of rotatable bonds is 2. The van der Waals surface area contributed by atoms with Gasteiger partial charge in [0, 0.05) is 0 Å². The molecule has 0 saturated heterocycles. The van der Waals surface area contributed by atoms with Gasteiger partial charge < -0.3 is 15.2 Å². The van der Waals surface area contributed by atoms with Gasteiger partial charge in [0.1, 0.15) is 0 Å². The second-order valence-corrected chi connectivity index (χ2v) is 1.32. The summed E-state index contributed by atoms with van der Waals surface area (Å²) in [5.41, 5.74) is 0. The van der Waals surface area contributed by atoms with Crippen molar-refractivity contribution in [2.24, 2.45) is 0 Å². The molecule has 0 rings (SSSR count). The Morgan fingerprint density at radius 3 is 1.33 bits per heavy atom. The Hall–Kier alpha value is -1.25. The second kappa shape index (κ2) is 6.46. The number of hydrogen-bond acceptors (Lipinski definition) is 3. The maximum atomic E-state index is 11.4. The van der Waals surface area contributed by atoms with Crippen LogP contribution in [0.3, 0.4) is 0 Å². The fourth-order valence-corrected chi connectivity index (χ4v) is 0.106. The lowest BCUT2D eigenvalue weighted by atomic mass is 10.4. The maximum Gasteiger partial charge on any atom is 0.718 e. The van der Waals surface area contributed by atoms with E-state index in [4.69, 9.17) is 15.2 Å². The van der Waals surface area contributed by atoms with Crippen molar-refractivity contribution < 1.29 is 37.8 Å². The molecule has 0 fully saturated rings. The number of carbonyl (C=O) groups is 2. The summed E-state index contributed by atoms with van der Waals surface area (Å²) in [6, 6.07) is 0. The van der Waals surface area contributed by atoms with Crippen LogP contribution in [0.5, 0.6) is 0 Å². The van der Waals surface area contributed by atoms with Crippen LogP contribution in [0.1, 0.15) is 0 Å². The molecule has 0 aromatic heterocycles. The SMILES string of the molecule is O=C(O)C(F)C(=O)O.OB(F)F. The molecule has 0 unspecified atom stereocenters. The molecule has 0 aliphatic carbocycles. The van der Waals surface area contributed by atoms with E-state index in [-0.39, 0.29) is 0 Å². The summed E-state index contributed by atoms with van der Waals surface area (Å²) in [7, 11) is -3.17. The molecular weight excluding hydrogens is 184 g/mol. The zero-order chi connectivity index (χ0) is 10.3. The highest BCUT2D eigenvalue weighted by Crippen LogP contribution is 1.88. The minimum Gasteiger partial charge on any atom is -0.479 e. The van der Waals surface area contributed by atoms with Crippen molar-refractivity contribution in [3.63, 3.8) is 0 Å². The summed E-state index contributed by atoms with van der Waals surface area (Å²) in [6.45, 7) is 0. The van der Waals surface area contributed by atoms with E-state index in [2.05, 4.69) is 0 Å². The number of carboxylic acids is 2. The Balaban J connectivity index is 0. The zero-order valence-electron chi connectivity index (χ0n) is 5.45. The van der Waals surface area contributed by atoms with Gasteiger partial charge in [-0.2, -0.15) is 0 Å². The smallest absolute Gasteiger partial charge is 0.479 e. The molecule has 0 atom stereocenters. The summed E-state index contributed by atoms with van der Waals surface area (Å²) in [5, 5.41) is 21.9. The van der Waals surface area contributed by atoms with Crippen LogP contribution in [0, 0.1) is 0 Å². The van der Waals surface area contributed by atoms with E-state index in [9.17, 15) is 22.6 Å². The predicted molar refractivity (Wildman–Crippen MR) is 30.4 cm³/mol. The predicted octanol–water partition coefficient (Wildman–Crippen LogP) is -0.604. The lowest BCUT2D eigenvalue weighted by Crippen LogP contribution is -2.24. The molecule has 9 heteroatoms. The summed E-state index contributed by atoms with van der Waals surface area (Å²) in [4.78, 5) is 18.8. The monoisotopic (exact) mass is 188 g/mol. The average molecular weight is 188 g/mol. The molecule has 0 aliphatic rings. The van der Waals surface area contributed by atoms with E-state index in [1.165, 1.54) is 0 Å². The molecule has 3 N–H and O–H groups in total. The number of hydrogen-bond donors (Lipinski definition) is 3. The van der Waals surface area contributed by atoms with Crippen molar-refractivity contribution in [1.29, 1.82) is 0 Å². The van der Waals surface area contributed by atoms with Crippen molar-refractivity contribution in [2.75, 3.05) is 0 Å². The fraction of sp³-hybridized carbons (Fsp3) is 0.333. The van der Waals surface area contributed by atoms with E-state index in [0.717, 1.165) is 0 Å². The van der Waals surface area contributed by atoms with Gasteiger partial charge in [-0.25, -0.2) is 14.0 Å². The van der Waals surface area contributed by atoms with E-state index in [0.29, 0.717) is 0 Å². The molecule has 0 aromatic rings. The van der Waals surface area contributed by atoms with Crippen molar-refractivity contribution in [2.45, 2.75) is 6.17 Å². The summed E-state index contributed by atoms with van der Waals surface area (Å²) < 4.78 is 31.2. The standard InChI is InChI=1S/C3H3FO4.BF2HO/c4-1(2(5)6)3(7)8;2-1(3)4/h1H,(H,5,6)(H,7,8);4H. The van der Waals surface area contributed by atoms with Gasteiger partial charge in [0.05, 0.1) is 0 Å². The molecule has 0 bridgehead atoms. The highest BCUT2D eigenvalue weighted by molar-refractivity contribution is 6.32. The van der Waals surface area contributed by atoms with Crippen molar-refractivity contribution >= 4 is 19.4 Å². The Kier molecular flexibility index (Phi) is 7.19. The van der Waals surface area contributed by atoms with E-state index in [1.807, 2.05) is 0 Å². The molecule has 0 heterocycles. The van der Waals surface area contributed by atoms with Crippen molar-refractivity contribution in [3.05, 3.63) is 0 Å². The van der Waals surface area contributed by atoms with E-state index >= 15 is 0 Å². The van der Waals surface area contributed by atoms with Crippen LogP contribution in [-0.2, 0) is 9.59 Å². The van der Waals surface area contributed by atoms with Gasteiger partial charge >= 0.3 is 19.4 Å². The summed E-state index contributed by atoms with van der Waals surface area (Å²) in [6.07, 6.45) is -2.80. The zero-order valence-corrected chi connectivity index (χ0v) is 5.45. The van der Waals surface area contributed by atoms with Crippen molar-refractivity contribution in [3.8, 4) is 0 Å². The normalized spacial score (nSPS) is 8.42. The first kappa shape index (κ1) is 13.4. The van der Waals surface area contributed by atoms with Crippen LogP contribution < -0.4 is 0 Å². The third kappa shape index (κ3) is 11.5. The van der Waals surface area contributed by atoms with Gasteiger partial charge in [0.15, 0.2) is 0 Å². The van der Waals surface area contributed by atoms with E-state index < -0.39 is 25.6 Å². The first-order chi connectivity index (χ1) is 5.29. The largest absolute Gasteiger partial charge is 0.718 e. The fourth-order valence-electron chi connectivity index (χ4n) is 0.106. The number of halogens is 3. The molecule has 5 nitrogen and oxygen atoms in total. The Bertz CT molecular complexity index is 145. The van der Waals surface area contributed by atoms with E-state index in [1.54, 1.807) is 0 Å². The minimum absolute atomic E-state index is 1.97. The van der Waals surface area contributed by atoms with Crippen LogP contribution >= 0.6 is 0 Å². The van der Waals surface area contributed by atoms with Crippen LogP contribution in [-0.4, -0.2) is 40.8 Å².